The molecule has 0 saturated heterocycles. The predicted molar refractivity (Wildman–Crippen MR) is 64.4 cm³/mol. The topological polar surface area (TPSA) is 69.2 Å². The van der Waals surface area contributed by atoms with E-state index < -0.39 is 0 Å². The van der Waals surface area contributed by atoms with Crippen LogP contribution in [-0.4, -0.2) is 38.7 Å². The molecule has 0 radical (unpaired) electrons. The molecule has 17 heavy (non-hydrogen) atoms. The quantitative estimate of drug-likeness (QED) is 0.249. The Hall–Kier alpha value is -1.56. The summed E-state index contributed by atoms with van der Waals surface area (Å²) in [5, 5.41) is 6.33. The smallest absolute Gasteiger partial charge is 0.289 e. The summed E-state index contributed by atoms with van der Waals surface area (Å²) in [7, 11) is 3.04. The third kappa shape index (κ3) is 6.57. The third-order valence-corrected chi connectivity index (χ3v) is 1.85. The van der Waals surface area contributed by atoms with Crippen molar-refractivity contribution in [2.75, 3.05) is 20.8 Å². The Morgan fingerprint density at radius 3 is 2.59 bits per heavy atom. The van der Waals surface area contributed by atoms with Crippen molar-refractivity contribution in [1.29, 1.82) is 0 Å². The zero-order valence-corrected chi connectivity index (χ0v) is 10.9. The summed E-state index contributed by atoms with van der Waals surface area (Å²) in [5.41, 5.74) is 0. The second-order valence-electron chi connectivity index (χ2n) is 3.39. The van der Waals surface area contributed by atoms with Gasteiger partial charge < -0.3 is 19.6 Å². The van der Waals surface area contributed by atoms with Crippen LogP contribution in [-0.2, 0) is 19.1 Å². The van der Waals surface area contributed by atoms with Crippen molar-refractivity contribution in [3.63, 3.8) is 0 Å². The van der Waals surface area contributed by atoms with Crippen LogP contribution in [0.1, 0.15) is 20.8 Å². The number of nitrogens with zero attached hydrogens (tertiary/aromatic N) is 1. The van der Waals surface area contributed by atoms with E-state index in [-0.39, 0.29) is 17.7 Å². The lowest BCUT2D eigenvalue weighted by atomic mass is 10.3. The van der Waals surface area contributed by atoms with Crippen molar-refractivity contribution in [1.82, 2.24) is 5.32 Å². The number of oxime groups is 1. The number of hydrogen-bond acceptors (Lipinski definition) is 5. The van der Waals surface area contributed by atoms with E-state index in [0.717, 1.165) is 0 Å². The van der Waals surface area contributed by atoms with Gasteiger partial charge in [0.05, 0.1) is 13.7 Å². The first-order chi connectivity index (χ1) is 8.04. The number of ether oxygens (including phenoxy) is 2. The molecule has 98 valence electrons. The highest BCUT2D eigenvalue weighted by atomic mass is 16.7. The van der Waals surface area contributed by atoms with Crippen LogP contribution < -0.4 is 5.32 Å². The molecule has 0 saturated carbocycles. The van der Waals surface area contributed by atoms with Gasteiger partial charge in [-0.3, -0.25) is 4.79 Å². The van der Waals surface area contributed by atoms with E-state index in [1.54, 1.807) is 21.0 Å². The summed E-state index contributed by atoms with van der Waals surface area (Å²) in [6.45, 7) is 5.58. The number of amides is 1. The molecule has 0 aromatic heterocycles. The Morgan fingerprint density at radius 2 is 2.12 bits per heavy atom. The van der Waals surface area contributed by atoms with E-state index >= 15 is 0 Å². The summed E-state index contributed by atoms with van der Waals surface area (Å²) in [5.74, 6) is 0.108. The number of methoxy groups -OCH3 is 2. The Labute approximate surface area is 102 Å². The molecule has 1 amide bonds. The van der Waals surface area contributed by atoms with Gasteiger partial charge in [0.15, 0.2) is 0 Å². The van der Waals surface area contributed by atoms with Crippen molar-refractivity contribution in [2.24, 2.45) is 5.16 Å². The SMILES string of the molecule is C/C=C(\O/N=C(\C)OC)C(=O)NC(C)COC. The summed E-state index contributed by atoms with van der Waals surface area (Å²) in [6.07, 6.45) is 1.53. The molecule has 1 unspecified atom stereocenters. The van der Waals surface area contributed by atoms with Crippen molar-refractivity contribution in [2.45, 2.75) is 26.8 Å². The normalized spacial score (nSPS) is 14.2. The molecule has 0 aliphatic carbocycles. The maximum Gasteiger partial charge on any atom is 0.289 e. The Morgan fingerprint density at radius 1 is 1.47 bits per heavy atom. The molecule has 0 fully saturated rings. The van der Waals surface area contributed by atoms with Crippen LogP contribution in [0.4, 0.5) is 0 Å². The number of carbonyl (C=O) groups excluding carboxylic acids is 1. The van der Waals surface area contributed by atoms with Gasteiger partial charge in [-0.15, -0.1) is 0 Å². The minimum Gasteiger partial charge on any atom is -0.482 e. The van der Waals surface area contributed by atoms with Crippen molar-refractivity contribution >= 4 is 11.8 Å². The average Bonchev–Trinajstić information content (AvgIpc) is 2.29. The summed E-state index contributed by atoms with van der Waals surface area (Å²) in [4.78, 5) is 16.6. The van der Waals surface area contributed by atoms with Gasteiger partial charge in [-0.2, -0.15) is 0 Å². The molecule has 0 aliphatic heterocycles. The highest BCUT2D eigenvalue weighted by molar-refractivity contribution is 5.91. The van der Waals surface area contributed by atoms with Gasteiger partial charge in [0.2, 0.25) is 11.7 Å². The largest absolute Gasteiger partial charge is 0.482 e. The lowest BCUT2D eigenvalue weighted by molar-refractivity contribution is -0.121. The van der Waals surface area contributed by atoms with E-state index in [9.17, 15) is 4.79 Å². The van der Waals surface area contributed by atoms with Gasteiger partial charge in [0.1, 0.15) is 0 Å². The minimum atomic E-state index is -0.343. The van der Waals surface area contributed by atoms with Crippen molar-refractivity contribution in [3.8, 4) is 0 Å². The second-order valence-corrected chi connectivity index (χ2v) is 3.39. The van der Waals surface area contributed by atoms with Crippen LogP contribution in [0, 0.1) is 0 Å². The van der Waals surface area contributed by atoms with Crippen LogP contribution in [0.5, 0.6) is 0 Å². The molecular formula is C11H20N2O4. The fourth-order valence-corrected chi connectivity index (χ4v) is 0.963. The average molecular weight is 244 g/mol. The first kappa shape index (κ1) is 15.4. The van der Waals surface area contributed by atoms with E-state index in [0.29, 0.717) is 12.5 Å². The van der Waals surface area contributed by atoms with Gasteiger partial charge in [0, 0.05) is 20.1 Å². The third-order valence-electron chi connectivity index (χ3n) is 1.85. The lowest BCUT2D eigenvalue weighted by Gasteiger charge is -2.13. The Bertz CT molecular complexity index is 300. The maximum atomic E-state index is 11.7. The second kappa shape index (κ2) is 8.58. The fourth-order valence-electron chi connectivity index (χ4n) is 0.963. The molecule has 0 aliphatic rings. The summed E-state index contributed by atoms with van der Waals surface area (Å²) in [6, 6.07) is -0.0986. The molecule has 1 atom stereocenters. The fraction of sp³-hybridized carbons (Fsp3) is 0.636. The van der Waals surface area contributed by atoms with E-state index in [1.165, 1.54) is 13.2 Å². The van der Waals surface area contributed by atoms with Gasteiger partial charge in [-0.05, 0) is 25.1 Å². The van der Waals surface area contributed by atoms with E-state index in [1.807, 2.05) is 6.92 Å². The molecule has 6 nitrogen and oxygen atoms in total. The molecule has 0 bridgehead atoms. The first-order valence-corrected chi connectivity index (χ1v) is 5.26. The highest BCUT2D eigenvalue weighted by Gasteiger charge is 2.13. The predicted octanol–water partition coefficient (Wildman–Crippen LogP) is 1.04. The molecule has 0 rings (SSSR count). The standard InChI is InChI=1S/C11H20N2O4/c1-6-10(17-13-9(3)16-5)11(14)12-8(2)7-15-4/h6,8H,7H2,1-5H3,(H,12,14)/b10-6-,13-9+. The Kier molecular flexibility index (Phi) is 7.79. The minimum absolute atomic E-state index is 0.0986. The monoisotopic (exact) mass is 244 g/mol. The van der Waals surface area contributed by atoms with Gasteiger partial charge in [-0.1, -0.05) is 0 Å². The van der Waals surface area contributed by atoms with Crippen LogP contribution >= 0.6 is 0 Å². The van der Waals surface area contributed by atoms with Crippen molar-refractivity contribution < 1.29 is 19.1 Å². The highest BCUT2D eigenvalue weighted by Crippen LogP contribution is 2.00. The molecular weight excluding hydrogens is 224 g/mol. The van der Waals surface area contributed by atoms with E-state index in [4.69, 9.17) is 14.3 Å². The van der Waals surface area contributed by atoms with Crippen molar-refractivity contribution in [3.05, 3.63) is 11.8 Å². The number of nitrogens with one attached hydrogen (secondary N) is 1. The van der Waals surface area contributed by atoms with E-state index in [2.05, 4.69) is 10.5 Å². The zero-order chi connectivity index (χ0) is 13.3. The molecule has 1 N–H and O–H groups in total. The van der Waals surface area contributed by atoms with Crippen LogP contribution in [0.15, 0.2) is 17.0 Å². The molecule has 0 spiro atoms. The van der Waals surface area contributed by atoms with Crippen LogP contribution in [0.3, 0.4) is 0 Å². The molecule has 0 aromatic carbocycles. The maximum absolute atomic E-state index is 11.7. The molecule has 0 aromatic rings. The van der Waals surface area contributed by atoms with Crippen LogP contribution in [0.2, 0.25) is 0 Å². The summed E-state index contributed by atoms with van der Waals surface area (Å²) >= 11 is 0. The molecule has 0 heterocycles. The zero-order valence-electron chi connectivity index (χ0n) is 10.9. The first-order valence-electron chi connectivity index (χ1n) is 5.26. The van der Waals surface area contributed by atoms with Gasteiger partial charge in [0.25, 0.3) is 5.91 Å². The number of allylic oxidation sites excluding steroid dienone is 1. The Balaban J connectivity index is 4.33. The van der Waals surface area contributed by atoms with Gasteiger partial charge in [-0.25, -0.2) is 0 Å². The summed E-state index contributed by atoms with van der Waals surface area (Å²) < 4.78 is 9.70. The number of hydrogen-bond donors (Lipinski definition) is 1. The number of rotatable bonds is 6. The van der Waals surface area contributed by atoms with Gasteiger partial charge >= 0.3 is 0 Å². The lowest BCUT2D eigenvalue weighted by Crippen LogP contribution is -2.36. The van der Waals surface area contributed by atoms with Crippen LogP contribution in [0.25, 0.3) is 0 Å². The number of carbonyl (C=O) groups is 1. The molecule has 6 heteroatoms.